The second kappa shape index (κ2) is 15.6. The van der Waals surface area contributed by atoms with E-state index in [0.717, 1.165) is 12.8 Å². The minimum absolute atomic E-state index is 0. The van der Waals surface area contributed by atoms with Crippen LogP contribution in [0.4, 0.5) is 0 Å². The van der Waals surface area contributed by atoms with Crippen LogP contribution in [0, 0.1) is 24.3 Å². The molecule has 1 unspecified atom stereocenters. The normalized spacial score (nSPS) is 18.2. The first-order chi connectivity index (χ1) is 21.9. The number of allylic oxidation sites excluding steroid dienone is 8. The Balaban J connectivity index is 0.000000245. The van der Waals surface area contributed by atoms with Gasteiger partial charge in [-0.2, -0.15) is 11.6 Å². The maximum absolute atomic E-state index is 3.26. The van der Waals surface area contributed by atoms with Crippen molar-refractivity contribution in [3.8, 4) is 0 Å². The van der Waals surface area contributed by atoms with Gasteiger partial charge in [-0.1, -0.05) is 102 Å². The third-order valence-electron chi connectivity index (χ3n) is 10.4. The third-order valence-corrected chi connectivity index (χ3v) is 11.1. The molecule has 0 saturated heterocycles. The summed E-state index contributed by atoms with van der Waals surface area (Å²) in [5, 5.41) is 5.61. The molecule has 0 fully saturated rings. The monoisotopic (exact) mass is 766 g/mol. The van der Waals surface area contributed by atoms with Crippen molar-refractivity contribution in [3.05, 3.63) is 124 Å². The zero-order valence-corrected chi connectivity index (χ0v) is 35.7. The van der Waals surface area contributed by atoms with Crippen molar-refractivity contribution >= 4 is 35.9 Å². The minimum Gasteiger partial charge on any atom is -1.00 e. The van der Waals surface area contributed by atoms with Crippen LogP contribution in [0.3, 0.4) is 0 Å². The molecule has 0 radical (unpaired) electrons. The molecular weight excluding hydrogens is 715 g/mol. The Morgan fingerprint density at radius 3 is 1.57 bits per heavy atom. The molecule has 258 valence electrons. The molecule has 0 nitrogen and oxygen atoms in total. The molecular formula is C46H54Cl2Zr-2. The summed E-state index contributed by atoms with van der Waals surface area (Å²) >= 11 is 1.51. The van der Waals surface area contributed by atoms with Crippen LogP contribution in [-0.4, -0.2) is 3.21 Å². The molecule has 0 saturated carbocycles. The molecule has 0 bridgehead atoms. The van der Waals surface area contributed by atoms with Gasteiger partial charge in [0.2, 0.25) is 0 Å². The van der Waals surface area contributed by atoms with E-state index < -0.39 is 0 Å². The molecule has 3 heteroatoms. The largest absolute Gasteiger partial charge is 1.00 e. The Hall–Kier alpha value is -2.18. The fourth-order valence-corrected chi connectivity index (χ4v) is 7.40. The molecule has 49 heavy (non-hydrogen) atoms. The maximum Gasteiger partial charge on any atom is -1.00 e. The van der Waals surface area contributed by atoms with Gasteiger partial charge in [0.1, 0.15) is 0 Å². The number of rotatable bonds is 1. The van der Waals surface area contributed by atoms with Crippen molar-refractivity contribution in [3.63, 3.8) is 0 Å². The smallest absolute Gasteiger partial charge is 1.00 e. The van der Waals surface area contributed by atoms with Crippen LogP contribution >= 0.6 is 0 Å². The molecule has 1 atom stereocenters. The Morgan fingerprint density at radius 2 is 1.22 bits per heavy atom. The van der Waals surface area contributed by atoms with Crippen molar-refractivity contribution in [1.82, 2.24) is 0 Å². The Kier molecular flexibility index (Phi) is 13.1. The van der Waals surface area contributed by atoms with Gasteiger partial charge >= 0.3 is 76.7 Å². The number of hydrogen-bond acceptors (Lipinski definition) is 0. The molecule has 0 heterocycles. The van der Waals surface area contributed by atoms with Crippen LogP contribution in [0.15, 0.2) is 84.5 Å². The van der Waals surface area contributed by atoms with Gasteiger partial charge < -0.3 is 24.8 Å². The van der Waals surface area contributed by atoms with Gasteiger partial charge in [-0.3, -0.25) is 6.08 Å². The molecule has 0 aliphatic heterocycles. The van der Waals surface area contributed by atoms with E-state index in [9.17, 15) is 0 Å². The van der Waals surface area contributed by atoms with Gasteiger partial charge in [0.05, 0.1) is 0 Å². The van der Waals surface area contributed by atoms with E-state index >= 15 is 0 Å². The Labute approximate surface area is 324 Å². The van der Waals surface area contributed by atoms with E-state index in [-0.39, 0.29) is 35.6 Å². The quantitative estimate of drug-likeness (QED) is 0.184. The Bertz CT molecular complexity index is 1870. The summed E-state index contributed by atoms with van der Waals surface area (Å²) in [6.45, 7) is 27.2. The third kappa shape index (κ3) is 9.01. The van der Waals surface area contributed by atoms with Gasteiger partial charge in [0, 0.05) is 0 Å². The first-order valence-electron chi connectivity index (χ1n) is 17.4. The molecule has 4 aromatic carbocycles. The van der Waals surface area contributed by atoms with E-state index in [0.29, 0.717) is 11.3 Å². The van der Waals surface area contributed by atoms with E-state index in [2.05, 4.69) is 168 Å². The van der Waals surface area contributed by atoms with Crippen molar-refractivity contribution in [1.29, 1.82) is 0 Å². The molecule has 3 aliphatic rings. The molecule has 0 aromatic heterocycles. The number of fused-ring (bicyclic) bond motifs is 5. The standard InChI is InChI=1S/C27H29.C10H15.C9H10.2ClH.Zr/c1-16-7-9-26(3,4)24-12-18-11-19-13-25-21(17(2)8-10-27(25,5)6)15-23(19)22(18)14-20(16)24;1-8-5-6-9(7-8)10(2,3)4;1-3-9-6-4-8(2)5-7-9;;;/h7-8,11-15H,9-10H2,1-6H3;6-8H,1-4H3;4-7H,1-2H3;2*1H;/q2*-1;;;;+2/p-2. The second-order valence-electron chi connectivity index (χ2n) is 16.5. The number of hydrogen-bond donors (Lipinski definition) is 0. The molecule has 3 aliphatic carbocycles. The van der Waals surface area contributed by atoms with Gasteiger partial charge in [-0.25, -0.2) is 6.08 Å². The average Bonchev–Trinajstić information content (AvgIpc) is 3.60. The first-order valence-corrected chi connectivity index (χ1v) is 18.6. The predicted molar refractivity (Wildman–Crippen MR) is 205 cm³/mol. The molecule has 0 spiro atoms. The zero-order valence-electron chi connectivity index (χ0n) is 31.8. The van der Waals surface area contributed by atoms with Crippen LogP contribution in [0.1, 0.15) is 122 Å². The fourth-order valence-electron chi connectivity index (χ4n) is 6.99. The van der Waals surface area contributed by atoms with Crippen molar-refractivity contribution in [2.24, 2.45) is 11.3 Å². The maximum atomic E-state index is 3.26. The summed E-state index contributed by atoms with van der Waals surface area (Å²) in [5.74, 6) is 0.522. The SMILES string of the molecule is CC1=CCC(C)(C)c2cc3[cH-]c4cc5c(cc4c3cc21)C(C)=CCC5(C)C.CC1[C-]=CC(C(C)(C)C)=C1.C[C](=[Zr+2])c1ccc(C)cc1.[Cl-].[Cl-]. The molecule has 4 aromatic rings. The average molecular weight is 769 g/mol. The summed E-state index contributed by atoms with van der Waals surface area (Å²) in [7, 11) is 0. The van der Waals surface area contributed by atoms with Crippen LogP contribution < -0.4 is 24.8 Å². The first kappa shape index (κ1) is 41.2. The van der Waals surface area contributed by atoms with Crippen LogP contribution in [0.2, 0.25) is 0 Å². The van der Waals surface area contributed by atoms with Crippen molar-refractivity contribution in [2.45, 2.75) is 107 Å². The van der Waals surface area contributed by atoms with Crippen LogP contribution in [0.5, 0.6) is 0 Å². The van der Waals surface area contributed by atoms with E-state index in [1.54, 1.807) is 0 Å². The fraction of sp³-hybridized carbons (Fsp3) is 0.391. The topological polar surface area (TPSA) is 0 Å². The van der Waals surface area contributed by atoms with Gasteiger partial charge in [0.25, 0.3) is 0 Å². The van der Waals surface area contributed by atoms with E-state index in [1.165, 1.54) is 99.1 Å². The second-order valence-corrected chi connectivity index (χ2v) is 18.4. The van der Waals surface area contributed by atoms with Gasteiger partial charge in [-0.05, 0) is 59.8 Å². The summed E-state index contributed by atoms with van der Waals surface area (Å²) < 4.78 is 1.46. The van der Waals surface area contributed by atoms with Crippen molar-refractivity contribution < 1.29 is 49.0 Å². The zero-order chi connectivity index (χ0) is 34.5. The summed E-state index contributed by atoms with van der Waals surface area (Å²) in [4.78, 5) is 0. The van der Waals surface area contributed by atoms with Crippen LogP contribution in [0.25, 0.3) is 32.7 Å². The van der Waals surface area contributed by atoms with E-state index in [4.69, 9.17) is 0 Å². The summed E-state index contributed by atoms with van der Waals surface area (Å²) in [6, 6.07) is 20.9. The van der Waals surface area contributed by atoms with Gasteiger partial charge in [0.15, 0.2) is 0 Å². The minimum atomic E-state index is 0. The molecule has 0 amide bonds. The van der Waals surface area contributed by atoms with Gasteiger partial charge in [-0.15, -0.1) is 39.7 Å². The molecule has 7 rings (SSSR count). The Morgan fingerprint density at radius 1 is 0.776 bits per heavy atom. The van der Waals surface area contributed by atoms with Crippen molar-refractivity contribution in [2.75, 3.05) is 0 Å². The number of aryl methyl sites for hydroxylation is 1. The van der Waals surface area contributed by atoms with Crippen LogP contribution in [-0.2, 0) is 35.1 Å². The summed E-state index contributed by atoms with van der Waals surface area (Å²) in [5.41, 5.74) is 13.6. The number of halogens is 2. The molecule has 0 N–H and O–H groups in total. The number of benzene rings is 3. The van der Waals surface area contributed by atoms with E-state index in [1.807, 2.05) is 0 Å². The summed E-state index contributed by atoms with van der Waals surface area (Å²) in [6.07, 6.45) is 14.7. The predicted octanol–water partition coefficient (Wildman–Crippen LogP) is 6.94.